The summed E-state index contributed by atoms with van der Waals surface area (Å²) >= 11 is 0. The largest absolute Gasteiger partial charge is 0.133 e. The molecule has 1 aromatic rings. The molecule has 0 N–H and O–H groups in total. The Morgan fingerprint density at radius 2 is 1.50 bits per heavy atom. The second-order valence-corrected chi connectivity index (χ2v) is 3.04. The molecule has 1 heteroatoms. The van der Waals surface area contributed by atoms with Crippen molar-refractivity contribution in [2.24, 2.45) is 0 Å². The molecule has 0 amide bonds. The molecular weight excluding hydrogens is 187 g/mol. The third-order valence-corrected chi connectivity index (χ3v) is 2.16. The van der Waals surface area contributed by atoms with Crippen LogP contribution < -0.4 is 0 Å². The molecule has 0 spiro atoms. The zero-order valence-electron chi connectivity index (χ0n) is 10.5. The van der Waals surface area contributed by atoms with Crippen molar-refractivity contribution >= 4 is 9.24 Å². The zero-order valence-corrected chi connectivity index (χ0v) is 11.7. The summed E-state index contributed by atoms with van der Waals surface area (Å²) in [5.74, 6) is 0. The molecule has 0 radical (unpaired) electrons. The number of benzene rings is 1. The van der Waals surface area contributed by atoms with Crippen LogP contribution in [0.1, 0.15) is 44.4 Å². The molecule has 0 fully saturated rings. The van der Waals surface area contributed by atoms with Crippen LogP contribution in [0.5, 0.6) is 0 Å². The Kier molecular flexibility index (Phi) is 12.3. The van der Waals surface area contributed by atoms with E-state index in [1.54, 1.807) is 0 Å². The predicted molar refractivity (Wildman–Crippen MR) is 72.0 cm³/mol. The highest BCUT2D eigenvalue weighted by Gasteiger charge is 1.93. The summed E-state index contributed by atoms with van der Waals surface area (Å²) in [6, 6.07) is 6.57. The molecule has 0 aromatic heterocycles. The number of rotatable bonds is 1. The number of hydrogen-bond donors (Lipinski definition) is 0. The van der Waals surface area contributed by atoms with Gasteiger partial charge in [0.2, 0.25) is 0 Å². The zero-order chi connectivity index (χ0) is 11.6. The van der Waals surface area contributed by atoms with Gasteiger partial charge in [0, 0.05) is 0 Å². The van der Waals surface area contributed by atoms with E-state index in [4.69, 9.17) is 0 Å². The first kappa shape index (κ1) is 16.1. The summed E-state index contributed by atoms with van der Waals surface area (Å²) in [4.78, 5) is 0. The van der Waals surface area contributed by atoms with Crippen molar-refractivity contribution in [2.45, 2.75) is 47.7 Å². The summed E-state index contributed by atoms with van der Waals surface area (Å²) in [7, 11) is 2.75. The summed E-state index contributed by atoms with van der Waals surface area (Å²) in [5, 5.41) is 0. The van der Waals surface area contributed by atoms with E-state index >= 15 is 0 Å². The van der Waals surface area contributed by atoms with Crippen molar-refractivity contribution in [3.05, 3.63) is 34.9 Å². The fourth-order valence-corrected chi connectivity index (χ4v) is 1.46. The highest BCUT2D eigenvalue weighted by atomic mass is 31.0. The van der Waals surface area contributed by atoms with Gasteiger partial charge < -0.3 is 0 Å². The lowest BCUT2D eigenvalue weighted by atomic mass is 10.1. The minimum atomic E-state index is 1.06. The second kappa shape index (κ2) is 10.7. The lowest BCUT2D eigenvalue weighted by molar-refractivity contribution is 1.28. The molecule has 0 aliphatic carbocycles. The summed E-state index contributed by atoms with van der Waals surface area (Å²) in [6.07, 6.45) is 1.06. The van der Waals surface area contributed by atoms with Crippen LogP contribution in [-0.2, 0) is 6.16 Å². The van der Waals surface area contributed by atoms with Gasteiger partial charge in [0.1, 0.15) is 0 Å². The van der Waals surface area contributed by atoms with Crippen LogP contribution >= 0.6 is 9.24 Å². The molecule has 1 aromatic carbocycles. The van der Waals surface area contributed by atoms with Gasteiger partial charge in [-0.2, -0.15) is 0 Å². The average Bonchev–Trinajstić information content (AvgIpc) is 2.27. The van der Waals surface area contributed by atoms with Gasteiger partial charge in [-0.15, -0.1) is 9.24 Å². The quantitative estimate of drug-likeness (QED) is 0.590. The van der Waals surface area contributed by atoms with Crippen molar-refractivity contribution in [1.82, 2.24) is 0 Å². The van der Waals surface area contributed by atoms with Crippen LogP contribution in [0.25, 0.3) is 0 Å². The first-order chi connectivity index (χ1) is 6.74. The van der Waals surface area contributed by atoms with E-state index in [9.17, 15) is 0 Å². The summed E-state index contributed by atoms with van der Waals surface area (Å²) in [5.41, 5.74) is 4.17. The van der Waals surface area contributed by atoms with Crippen LogP contribution in [0.15, 0.2) is 18.2 Å². The Balaban J connectivity index is 0. The SMILES string of the molecule is CC.CC.Cc1ccc(C)c(CP)c1. The molecule has 1 rings (SSSR count). The van der Waals surface area contributed by atoms with Crippen molar-refractivity contribution < 1.29 is 0 Å². The number of hydrogen-bond acceptors (Lipinski definition) is 0. The Hall–Kier alpha value is -0.350. The fraction of sp³-hybridized carbons (Fsp3) is 0.538. The Morgan fingerprint density at radius 3 is 1.86 bits per heavy atom. The van der Waals surface area contributed by atoms with Gasteiger partial charge in [-0.3, -0.25) is 0 Å². The fourth-order valence-electron chi connectivity index (χ4n) is 1.02. The maximum absolute atomic E-state index is 2.75. The number of aryl methyl sites for hydroxylation is 2. The van der Waals surface area contributed by atoms with Crippen LogP contribution in [0, 0.1) is 13.8 Å². The maximum atomic E-state index is 2.75. The molecule has 1 atom stereocenters. The topological polar surface area (TPSA) is 0 Å². The van der Waals surface area contributed by atoms with Crippen LogP contribution in [0.4, 0.5) is 0 Å². The molecule has 0 aliphatic rings. The molecule has 0 bridgehead atoms. The molecule has 0 nitrogen and oxygen atoms in total. The van der Waals surface area contributed by atoms with Gasteiger partial charge in [0.05, 0.1) is 0 Å². The van der Waals surface area contributed by atoms with Crippen LogP contribution in [0.3, 0.4) is 0 Å². The van der Waals surface area contributed by atoms with Gasteiger partial charge in [0.15, 0.2) is 0 Å². The smallest absolute Gasteiger partial charge is 0.0126 e. The van der Waals surface area contributed by atoms with E-state index in [-0.39, 0.29) is 0 Å². The van der Waals surface area contributed by atoms with Gasteiger partial charge in [-0.1, -0.05) is 51.5 Å². The third-order valence-electron chi connectivity index (χ3n) is 1.72. The molecular formula is C13H25P. The van der Waals surface area contributed by atoms with E-state index in [0.717, 1.165) is 6.16 Å². The highest BCUT2D eigenvalue weighted by Crippen LogP contribution is 2.13. The van der Waals surface area contributed by atoms with E-state index in [1.807, 2.05) is 27.7 Å². The molecule has 0 heterocycles. The minimum absolute atomic E-state index is 1.06. The molecule has 0 aliphatic heterocycles. The monoisotopic (exact) mass is 212 g/mol. The third kappa shape index (κ3) is 6.16. The molecule has 0 saturated heterocycles. The van der Waals surface area contributed by atoms with E-state index in [0.29, 0.717) is 0 Å². The van der Waals surface area contributed by atoms with Crippen molar-refractivity contribution in [3.63, 3.8) is 0 Å². The molecule has 14 heavy (non-hydrogen) atoms. The Morgan fingerprint density at radius 1 is 1.00 bits per heavy atom. The van der Waals surface area contributed by atoms with Gasteiger partial charge in [-0.05, 0) is 31.1 Å². The summed E-state index contributed by atoms with van der Waals surface area (Å²) < 4.78 is 0. The van der Waals surface area contributed by atoms with Crippen LogP contribution in [0.2, 0.25) is 0 Å². The standard InChI is InChI=1S/C9H13P.2C2H6/c1-7-3-4-8(2)9(5-7)6-10;2*1-2/h3-5H,6,10H2,1-2H3;2*1-2H3. The highest BCUT2D eigenvalue weighted by molar-refractivity contribution is 7.15. The van der Waals surface area contributed by atoms with E-state index in [1.165, 1.54) is 16.7 Å². The van der Waals surface area contributed by atoms with Crippen molar-refractivity contribution in [3.8, 4) is 0 Å². The molecule has 1 unspecified atom stereocenters. The second-order valence-electron chi connectivity index (χ2n) is 2.63. The van der Waals surface area contributed by atoms with Gasteiger partial charge in [-0.25, -0.2) is 0 Å². The van der Waals surface area contributed by atoms with Crippen molar-refractivity contribution in [2.75, 3.05) is 0 Å². The predicted octanol–water partition coefficient (Wildman–Crippen LogP) is 4.73. The van der Waals surface area contributed by atoms with E-state index in [2.05, 4.69) is 41.3 Å². The first-order valence-electron chi connectivity index (χ1n) is 5.50. The van der Waals surface area contributed by atoms with Crippen molar-refractivity contribution in [1.29, 1.82) is 0 Å². The minimum Gasteiger partial charge on any atom is -0.133 e. The Labute approximate surface area is 92.3 Å². The lowest BCUT2D eigenvalue weighted by Gasteiger charge is -2.02. The molecule has 82 valence electrons. The average molecular weight is 212 g/mol. The lowest BCUT2D eigenvalue weighted by Crippen LogP contribution is -1.84. The van der Waals surface area contributed by atoms with E-state index < -0.39 is 0 Å². The Bertz CT molecular complexity index is 229. The van der Waals surface area contributed by atoms with Gasteiger partial charge in [0.25, 0.3) is 0 Å². The first-order valence-corrected chi connectivity index (χ1v) is 6.32. The van der Waals surface area contributed by atoms with Gasteiger partial charge >= 0.3 is 0 Å². The maximum Gasteiger partial charge on any atom is -0.0126 e. The normalized spacial score (nSPS) is 7.93. The molecule has 0 saturated carbocycles. The van der Waals surface area contributed by atoms with Crippen LogP contribution in [-0.4, -0.2) is 0 Å². The summed E-state index contributed by atoms with van der Waals surface area (Å²) in [6.45, 7) is 12.3.